The van der Waals surface area contributed by atoms with Gasteiger partial charge in [0.1, 0.15) is 0 Å². The predicted molar refractivity (Wildman–Crippen MR) is 85.1 cm³/mol. The predicted octanol–water partition coefficient (Wildman–Crippen LogP) is 4.25. The van der Waals surface area contributed by atoms with Gasteiger partial charge in [0.05, 0.1) is 6.10 Å². The third-order valence-corrected chi connectivity index (χ3v) is 4.03. The molecule has 1 atom stereocenters. The maximum atomic E-state index is 5.58. The first-order valence-corrected chi connectivity index (χ1v) is 8.20. The van der Waals surface area contributed by atoms with Gasteiger partial charge in [-0.2, -0.15) is 0 Å². The second-order valence-corrected chi connectivity index (χ2v) is 6.08. The van der Waals surface area contributed by atoms with Crippen molar-refractivity contribution in [3.05, 3.63) is 35.4 Å². The molecule has 0 heterocycles. The van der Waals surface area contributed by atoms with Crippen molar-refractivity contribution >= 4 is 0 Å². The Labute approximate surface area is 123 Å². The highest BCUT2D eigenvalue weighted by atomic mass is 16.5. The zero-order chi connectivity index (χ0) is 14.2. The standard InChI is InChI=1S/C18H29NO/c1-15(2)20-14-8-7-13-19-18-12-6-4-10-16-9-3-5-11-17(16)18/h3,5,9,11,15,18-19H,4,6-8,10,12-14H2,1-2H3. The second kappa shape index (κ2) is 8.43. The Kier molecular flexibility index (Phi) is 6.55. The van der Waals surface area contributed by atoms with E-state index in [2.05, 4.69) is 43.4 Å². The van der Waals surface area contributed by atoms with E-state index in [1.54, 1.807) is 5.56 Å². The first kappa shape index (κ1) is 15.5. The van der Waals surface area contributed by atoms with Crippen LogP contribution in [0.25, 0.3) is 0 Å². The van der Waals surface area contributed by atoms with E-state index in [0.717, 1.165) is 19.6 Å². The van der Waals surface area contributed by atoms with Crippen LogP contribution in [-0.4, -0.2) is 19.3 Å². The Balaban J connectivity index is 1.75. The third-order valence-electron chi connectivity index (χ3n) is 4.03. The molecule has 2 rings (SSSR count). The van der Waals surface area contributed by atoms with E-state index in [4.69, 9.17) is 4.74 Å². The molecule has 0 saturated carbocycles. The molecule has 0 aromatic heterocycles. The fourth-order valence-corrected chi connectivity index (χ4v) is 2.96. The summed E-state index contributed by atoms with van der Waals surface area (Å²) in [4.78, 5) is 0. The normalized spacial score (nSPS) is 18.9. The Morgan fingerprint density at radius 3 is 2.90 bits per heavy atom. The van der Waals surface area contributed by atoms with Gasteiger partial charge in [-0.3, -0.25) is 0 Å². The van der Waals surface area contributed by atoms with E-state index in [0.29, 0.717) is 12.1 Å². The number of unbranched alkanes of at least 4 members (excludes halogenated alkanes) is 1. The van der Waals surface area contributed by atoms with Gasteiger partial charge < -0.3 is 10.1 Å². The lowest BCUT2D eigenvalue weighted by Gasteiger charge is -2.19. The highest BCUT2D eigenvalue weighted by Gasteiger charge is 2.17. The van der Waals surface area contributed by atoms with Crippen LogP contribution in [0.5, 0.6) is 0 Å². The SMILES string of the molecule is CC(C)OCCCCNC1CCCCc2ccccc21. The van der Waals surface area contributed by atoms with Crippen molar-refractivity contribution in [3.63, 3.8) is 0 Å². The van der Waals surface area contributed by atoms with Gasteiger partial charge in [-0.1, -0.05) is 30.7 Å². The number of fused-ring (bicyclic) bond motifs is 1. The van der Waals surface area contributed by atoms with Crippen LogP contribution in [-0.2, 0) is 11.2 Å². The molecule has 0 spiro atoms. The maximum absolute atomic E-state index is 5.58. The quantitative estimate of drug-likeness (QED) is 0.593. The van der Waals surface area contributed by atoms with Crippen LogP contribution in [0.15, 0.2) is 24.3 Å². The minimum absolute atomic E-state index is 0.358. The van der Waals surface area contributed by atoms with Crippen molar-refractivity contribution in [2.24, 2.45) is 0 Å². The summed E-state index contributed by atoms with van der Waals surface area (Å²) in [7, 11) is 0. The molecule has 1 aliphatic rings. The molecule has 0 fully saturated rings. The summed E-state index contributed by atoms with van der Waals surface area (Å²) in [5, 5.41) is 3.75. The minimum Gasteiger partial charge on any atom is -0.379 e. The smallest absolute Gasteiger partial charge is 0.0518 e. The van der Waals surface area contributed by atoms with Crippen molar-refractivity contribution in [1.82, 2.24) is 5.32 Å². The highest BCUT2D eigenvalue weighted by Crippen LogP contribution is 2.28. The summed E-state index contributed by atoms with van der Waals surface area (Å²) in [5.41, 5.74) is 3.08. The zero-order valence-electron chi connectivity index (χ0n) is 13.0. The molecular formula is C18H29NO. The molecule has 0 amide bonds. The number of hydrogen-bond acceptors (Lipinski definition) is 2. The molecule has 1 N–H and O–H groups in total. The molecule has 0 aliphatic heterocycles. The van der Waals surface area contributed by atoms with Gasteiger partial charge in [0.15, 0.2) is 0 Å². The lowest BCUT2D eigenvalue weighted by atomic mass is 9.99. The molecule has 2 nitrogen and oxygen atoms in total. The van der Waals surface area contributed by atoms with Crippen molar-refractivity contribution < 1.29 is 4.74 Å². The Hall–Kier alpha value is -0.860. The fourth-order valence-electron chi connectivity index (χ4n) is 2.96. The average molecular weight is 275 g/mol. The van der Waals surface area contributed by atoms with Gasteiger partial charge in [-0.15, -0.1) is 0 Å². The summed E-state index contributed by atoms with van der Waals surface area (Å²) in [6.45, 7) is 6.18. The summed E-state index contributed by atoms with van der Waals surface area (Å²) >= 11 is 0. The fraction of sp³-hybridized carbons (Fsp3) is 0.667. The monoisotopic (exact) mass is 275 g/mol. The third kappa shape index (κ3) is 4.92. The van der Waals surface area contributed by atoms with E-state index in [9.17, 15) is 0 Å². The van der Waals surface area contributed by atoms with E-state index < -0.39 is 0 Å². The molecule has 0 radical (unpaired) electrons. The van der Waals surface area contributed by atoms with Gasteiger partial charge in [-0.05, 0) is 63.6 Å². The Morgan fingerprint density at radius 1 is 1.20 bits per heavy atom. The van der Waals surface area contributed by atoms with Crippen molar-refractivity contribution in [2.75, 3.05) is 13.2 Å². The molecule has 1 unspecified atom stereocenters. The van der Waals surface area contributed by atoms with Gasteiger partial charge in [0, 0.05) is 12.6 Å². The Bertz CT molecular complexity index is 389. The highest BCUT2D eigenvalue weighted by molar-refractivity contribution is 5.31. The molecule has 1 aromatic carbocycles. The Morgan fingerprint density at radius 2 is 2.05 bits per heavy atom. The number of hydrogen-bond donors (Lipinski definition) is 1. The van der Waals surface area contributed by atoms with Crippen LogP contribution in [0.4, 0.5) is 0 Å². The number of rotatable bonds is 7. The van der Waals surface area contributed by atoms with Crippen LogP contribution in [0.1, 0.15) is 63.1 Å². The zero-order valence-corrected chi connectivity index (χ0v) is 13.0. The number of ether oxygens (including phenoxy) is 1. The van der Waals surface area contributed by atoms with Gasteiger partial charge in [-0.25, -0.2) is 0 Å². The summed E-state index contributed by atoms with van der Waals surface area (Å²) in [6.07, 6.45) is 7.90. The molecule has 1 aliphatic carbocycles. The van der Waals surface area contributed by atoms with E-state index in [1.807, 2.05) is 0 Å². The molecule has 0 bridgehead atoms. The van der Waals surface area contributed by atoms with E-state index in [-0.39, 0.29) is 0 Å². The summed E-state index contributed by atoms with van der Waals surface area (Å²) in [5.74, 6) is 0. The second-order valence-electron chi connectivity index (χ2n) is 6.08. The summed E-state index contributed by atoms with van der Waals surface area (Å²) in [6, 6.07) is 9.51. The van der Waals surface area contributed by atoms with Crippen LogP contribution in [0.3, 0.4) is 0 Å². The van der Waals surface area contributed by atoms with Crippen LogP contribution < -0.4 is 5.32 Å². The van der Waals surface area contributed by atoms with Crippen LogP contribution >= 0.6 is 0 Å². The molecule has 0 saturated heterocycles. The van der Waals surface area contributed by atoms with E-state index in [1.165, 1.54) is 37.7 Å². The van der Waals surface area contributed by atoms with E-state index >= 15 is 0 Å². The largest absolute Gasteiger partial charge is 0.379 e. The van der Waals surface area contributed by atoms with Crippen LogP contribution in [0, 0.1) is 0 Å². The molecule has 112 valence electrons. The lowest BCUT2D eigenvalue weighted by molar-refractivity contribution is 0.0759. The maximum Gasteiger partial charge on any atom is 0.0518 e. The topological polar surface area (TPSA) is 21.3 Å². The number of benzene rings is 1. The average Bonchev–Trinajstić information content (AvgIpc) is 2.65. The molecule has 1 aromatic rings. The number of aryl methyl sites for hydroxylation is 1. The van der Waals surface area contributed by atoms with Crippen LogP contribution in [0.2, 0.25) is 0 Å². The molecule has 20 heavy (non-hydrogen) atoms. The first-order chi connectivity index (χ1) is 9.77. The van der Waals surface area contributed by atoms with Gasteiger partial charge in [0.2, 0.25) is 0 Å². The summed E-state index contributed by atoms with van der Waals surface area (Å²) < 4.78 is 5.58. The number of nitrogens with one attached hydrogen (secondary N) is 1. The lowest BCUT2D eigenvalue weighted by Crippen LogP contribution is -2.23. The molecular weight excluding hydrogens is 246 g/mol. The van der Waals surface area contributed by atoms with Crippen molar-refractivity contribution in [1.29, 1.82) is 0 Å². The minimum atomic E-state index is 0.358. The van der Waals surface area contributed by atoms with Gasteiger partial charge in [0.25, 0.3) is 0 Å². The first-order valence-electron chi connectivity index (χ1n) is 8.20. The van der Waals surface area contributed by atoms with Crippen molar-refractivity contribution in [3.8, 4) is 0 Å². The van der Waals surface area contributed by atoms with Crippen molar-refractivity contribution in [2.45, 2.75) is 64.5 Å². The van der Waals surface area contributed by atoms with Gasteiger partial charge >= 0.3 is 0 Å². The molecule has 2 heteroatoms.